The summed E-state index contributed by atoms with van der Waals surface area (Å²) in [7, 11) is -2.99. The summed E-state index contributed by atoms with van der Waals surface area (Å²) in [4.78, 5) is 0.976. The highest BCUT2D eigenvalue weighted by Gasteiger charge is 2.18. The Morgan fingerprint density at radius 3 is 2.62 bits per heavy atom. The lowest BCUT2D eigenvalue weighted by atomic mass is 10.2. The Bertz CT molecular complexity index is 428. The van der Waals surface area contributed by atoms with E-state index in [2.05, 4.69) is 5.32 Å². The summed E-state index contributed by atoms with van der Waals surface area (Å²) in [5, 5.41) is 3.23. The standard InChI is InChI=1S/C10H16ClNO2S2/c1-3-6-12-8(7-16(2,13)14)9-4-5-10(11)15-9/h4-5,8,12H,3,6-7H2,1-2H3. The van der Waals surface area contributed by atoms with Gasteiger partial charge in [-0.3, -0.25) is 0 Å². The van der Waals surface area contributed by atoms with E-state index in [1.54, 1.807) is 6.07 Å². The molecule has 16 heavy (non-hydrogen) atoms. The Balaban J connectivity index is 2.78. The lowest BCUT2D eigenvalue weighted by Crippen LogP contribution is -2.27. The summed E-state index contributed by atoms with van der Waals surface area (Å²) in [5.74, 6) is 0.115. The highest BCUT2D eigenvalue weighted by molar-refractivity contribution is 7.90. The Hall–Kier alpha value is -0.100. The molecule has 0 saturated heterocycles. The third-order valence-corrected chi connectivity index (χ3v) is 4.33. The molecule has 1 N–H and O–H groups in total. The lowest BCUT2D eigenvalue weighted by Gasteiger charge is -2.15. The number of rotatable bonds is 6. The second-order valence-corrected chi connectivity index (χ2v) is 7.67. The lowest BCUT2D eigenvalue weighted by molar-refractivity contribution is 0.554. The fourth-order valence-corrected chi connectivity index (χ4v) is 3.52. The van der Waals surface area contributed by atoms with Crippen LogP contribution in [0.1, 0.15) is 24.3 Å². The fourth-order valence-electron chi connectivity index (χ4n) is 1.38. The largest absolute Gasteiger partial charge is 0.308 e. The minimum Gasteiger partial charge on any atom is -0.308 e. The number of sulfone groups is 1. The first-order chi connectivity index (χ1) is 7.42. The van der Waals surface area contributed by atoms with E-state index in [9.17, 15) is 8.42 Å². The van der Waals surface area contributed by atoms with E-state index in [0.717, 1.165) is 17.8 Å². The van der Waals surface area contributed by atoms with Crippen LogP contribution in [0.3, 0.4) is 0 Å². The van der Waals surface area contributed by atoms with Gasteiger partial charge in [-0.1, -0.05) is 18.5 Å². The summed E-state index contributed by atoms with van der Waals surface area (Å²) < 4.78 is 23.3. The van der Waals surface area contributed by atoms with Gasteiger partial charge in [-0.2, -0.15) is 0 Å². The van der Waals surface area contributed by atoms with Crippen molar-refractivity contribution in [1.82, 2.24) is 5.32 Å². The van der Waals surface area contributed by atoms with Gasteiger partial charge < -0.3 is 5.32 Å². The van der Waals surface area contributed by atoms with Crippen LogP contribution in [0.4, 0.5) is 0 Å². The molecule has 0 aliphatic heterocycles. The third-order valence-electron chi connectivity index (χ3n) is 2.05. The molecular weight excluding hydrogens is 266 g/mol. The molecule has 0 aliphatic rings. The maximum atomic E-state index is 11.3. The molecule has 0 amide bonds. The van der Waals surface area contributed by atoms with Crippen LogP contribution in [0.15, 0.2) is 12.1 Å². The molecule has 1 heterocycles. The number of thiophene rings is 1. The molecule has 0 spiro atoms. The van der Waals surface area contributed by atoms with Crippen molar-refractivity contribution >= 4 is 32.8 Å². The van der Waals surface area contributed by atoms with Gasteiger partial charge in [-0.25, -0.2) is 8.42 Å². The van der Waals surface area contributed by atoms with Crippen LogP contribution in [0.2, 0.25) is 4.34 Å². The second kappa shape index (κ2) is 6.00. The van der Waals surface area contributed by atoms with E-state index in [-0.39, 0.29) is 11.8 Å². The van der Waals surface area contributed by atoms with Gasteiger partial charge in [0.1, 0.15) is 9.84 Å². The number of hydrogen-bond acceptors (Lipinski definition) is 4. The zero-order valence-corrected chi connectivity index (χ0v) is 11.8. The molecule has 0 aromatic carbocycles. The van der Waals surface area contributed by atoms with Crippen LogP contribution in [0.5, 0.6) is 0 Å². The summed E-state index contributed by atoms with van der Waals surface area (Å²) in [6.45, 7) is 2.85. The normalized spacial score (nSPS) is 13.9. The molecule has 0 fully saturated rings. The summed E-state index contributed by atoms with van der Waals surface area (Å²) in [6, 6.07) is 3.53. The van der Waals surface area contributed by atoms with Crippen molar-refractivity contribution in [3.05, 3.63) is 21.3 Å². The van der Waals surface area contributed by atoms with Crippen LogP contribution in [0.25, 0.3) is 0 Å². The van der Waals surface area contributed by atoms with Crippen LogP contribution in [-0.2, 0) is 9.84 Å². The summed E-state index contributed by atoms with van der Waals surface area (Å²) >= 11 is 7.28. The Labute approximate surface area is 106 Å². The molecule has 1 rings (SSSR count). The Kier molecular flexibility index (Phi) is 5.24. The van der Waals surface area contributed by atoms with E-state index in [1.807, 2.05) is 13.0 Å². The maximum Gasteiger partial charge on any atom is 0.149 e. The smallest absolute Gasteiger partial charge is 0.149 e. The Morgan fingerprint density at radius 2 is 2.19 bits per heavy atom. The predicted octanol–water partition coefficient (Wildman–Crippen LogP) is 2.49. The first-order valence-corrected chi connectivity index (χ1v) is 8.34. The molecule has 0 saturated carbocycles. The van der Waals surface area contributed by atoms with E-state index < -0.39 is 9.84 Å². The van der Waals surface area contributed by atoms with Crippen molar-refractivity contribution in [3.8, 4) is 0 Å². The maximum absolute atomic E-state index is 11.3. The number of hydrogen-bond donors (Lipinski definition) is 1. The molecule has 92 valence electrons. The van der Waals surface area contributed by atoms with Gasteiger partial charge in [0.2, 0.25) is 0 Å². The van der Waals surface area contributed by atoms with Gasteiger partial charge in [0, 0.05) is 11.1 Å². The monoisotopic (exact) mass is 281 g/mol. The van der Waals surface area contributed by atoms with Crippen LogP contribution in [0, 0.1) is 0 Å². The van der Waals surface area contributed by atoms with Gasteiger partial charge in [-0.05, 0) is 25.1 Å². The molecule has 0 bridgehead atoms. The minimum absolute atomic E-state index is 0.115. The topological polar surface area (TPSA) is 46.2 Å². The van der Waals surface area contributed by atoms with Gasteiger partial charge in [0.15, 0.2) is 0 Å². The average Bonchev–Trinajstić information content (AvgIpc) is 2.57. The average molecular weight is 282 g/mol. The molecular formula is C10H16ClNO2S2. The van der Waals surface area contributed by atoms with Crippen LogP contribution in [-0.4, -0.2) is 27.0 Å². The van der Waals surface area contributed by atoms with E-state index in [1.165, 1.54) is 17.6 Å². The molecule has 1 atom stereocenters. The zero-order valence-electron chi connectivity index (χ0n) is 9.36. The van der Waals surface area contributed by atoms with Crippen LogP contribution >= 0.6 is 22.9 Å². The first-order valence-electron chi connectivity index (χ1n) is 5.08. The molecule has 0 aliphatic carbocycles. The molecule has 0 radical (unpaired) electrons. The van der Waals surface area contributed by atoms with E-state index in [4.69, 9.17) is 11.6 Å². The van der Waals surface area contributed by atoms with Gasteiger partial charge >= 0.3 is 0 Å². The van der Waals surface area contributed by atoms with Gasteiger partial charge in [0.25, 0.3) is 0 Å². The van der Waals surface area contributed by atoms with E-state index in [0.29, 0.717) is 4.34 Å². The molecule has 1 unspecified atom stereocenters. The molecule has 1 aromatic heterocycles. The van der Waals surface area contributed by atoms with Crippen molar-refractivity contribution in [2.75, 3.05) is 18.6 Å². The van der Waals surface area contributed by atoms with Crippen molar-refractivity contribution < 1.29 is 8.42 Å². The summed E-state index contributed by atoms with van der Waals surface area (Å²) in [5.41, 5.74) is 0. The zero-order chi connectivity index (χ0) is 12.2. The predicted molar refractivity (Wildman–Crippen MR) is 70.1 cm³/mol. The minimum atomic E-state index is -2.99. The van der Waals surface area contributed by atoms with E-state index >= 15 is 0 Å². The van der Waals surface area contributed by atoms with Crippen LogP contribution < -0.4 is 5.32 Å². The van der Waals surface area contributed by atoms with Gasteiger partial charge in [-0.15, -0.1) is 11.3 Å². The third kappa shape index (κ3) is 4.82. The quantitative estimate of drug-likeness (QED) is 0.871. The van der Waals surface area contributed by atoms with Crippen molar-refractivity contribution in [1.29, 1.82) is 0 Å². The van der Waals surface area contributed by atoms with Crippen molar-refractivity contribution in [2.45, 2.75) is 19.4 Å². The first kappa shape index (κ1) is 14.0. The van der Waals surface area contributed by atoms with Crippen molar-refractivity contribution in [3.63, 3.8) is 0 Å². The number of nitrogens with one attached hydrogen (secondary N) is 1. The molecule has 1 aromatic rings. The molecule has 3 nitrogen and oxygen atoms in total. The highest BCUT2D eigenvalue weighted by atomic mass is 35.5. The Morgan fingerprint density at radius 1 is 1.50 bits per heavy atom. The highest BCUT2D eigenvalue weighted by Crippen LogP contribution is 2.27. The number of halogens is 1. The fraction of sp³-hybridized carbons (Fsp3) is 0.600. The second-order valence-electron chi connectivity index (χ2n) is 3.74. The molecule has 6 heteroatoms. The summed E-state index contributed by atoms with van der Waals surface area (Å²) in [6.07, 6.45) is 2.22. The van der Waals surface area contributed by atoms with Crippen molar-refractivity contribution in [2.24, 2.45) is 0 Å². The van der Waals surface area contributed by atoms with Gasteiger partial charge in [0.05, 0.1) is 16.1 Å². The SMILES string of the molecule is CCCNC(CS(C)(=O)=O)c1ccc(Cl)s1.